The summed E-state index contributed by atoms with van der Waals surface area (Å²) >= 11 is 5.97. The van der Waals surface area contributed by atoms with Crippen LogP contribution in [0.25, 0.3) is 27.9 Å². The molecule has 0 spiro atoms. The molecule has 30 heavy (non-hydrogen) atoms. The van der Waals surface area contributed by atoms with Crippen molar-refractivity contribution in [3.05, 3.63) is 82.0 Å². The molecular weight excluding hydrogens is 404 g/mol. The molecule has 0 saturated carbocycles. The van der Waals surface area contributed by atoms with Crippen LogP contribution in [0.3, 0.4) is 0 Å². The summed E-state index contributed by atoms with van der Waals surface area (Å²) in [7, 11) is 1.61. The quantitative estimate of drug-likeness (QED) is 0.445. The number of rotatable bonds is 4. The monoisotopic (exact) mass is 418 g/mol. The molecule has 0 aliphatic carbocycles. The molecule has 0 aliphatic heterocycles. The normalized spacial score (nSPS) is 11.3. The van der Waals surface area contributed by atoms with Gasteiger partial charge in [0.1, 0.15) is 12.1 Å². The van der Waals surface area contributed by atoms with Gasteiger partial charge in [-0.3, -0.25) is 9.36 Å². The molecule has 3 heterocycles. The topological polar surface area (TPSA) is 87.2 Å². The minimum atomic E-state index is -0.284. The molecule has 0 bridgehead atoms. The maximum Gasteiger partial charge on any atom is 0.283 e. The molecule has 0 radical (unpaired) electrons. The van der Waals surface area contributed by atoms with Gasteiger partial charge in [-0.1, -0.05) is 35.9 Å². The van der Waals surface area contributed by atoms with Gasteiger partial charge in [0, 0.05) is 10.6 Å². The van der Waals surface area contributed by atoms with E-state index in [1.165, 1.54) is 15.4 Å². The molecule has 5 aromatic rings. The van der Waals surface area contributed by atoms with Crippen molar-refractivity contribution in [3.63, 3.8) is 0 Å². The Hall–Kier alpha value is -3.78. The first kappa shape index (κ1) is 18.3. The molecule has 0 atom stereocenters. The van der Waals surface area contributed by atoms with Gasteiger partial charge in [-0.05, 0) is 35.4 Å². The Morgan fingerprint density at radius 3 is 2.50 bits per heavy atom. The zero-order chi connectivity index (χ0) is 20.7. The molecule has 0 unspecified atom stereocenters. The number of hydrogen-bond acceptors (Lipinski definition) is 6. The fourth-order valence-electron chi connectivity index (χ4n) is 3.28. The van der Waals surface area contributed by atoms with Gasteiger partial charge in [-0.2, -0.15) is 9.61 Å². The molecule has 2 aromatic carbocycles. The summed E-state index contributed by atoms with van der Waals surface area (Å²) in [4.78, 5) is 17.4. The van der Waals surface area contributed by atoms with E-state index in [0.29, 0.717) is 22.9 Å². The lowest BCUT2D eigenvalue weighted by Crippen LogP contribution is -2.23. The molecule has 148 valence electrons. The standard InChI is InChI=1S/C21H15ClN6O2/c1-30-16-8-2-13(3-9-16)11-27-12-23-20-18(21(27)29)25-26-19-17(10-24-28(19)20)14-4-6-15(22)7-5-14/h2-10,12H,11H2,1H3. The Morgan fingerprint density at radius 2 is 1.77 bits per heavy atom. The summed E-state index contributed by atoms with van der Waals surface area (Å²) in [6, 6.07) is 14.8. The van der Waals surface area contributed by atoms with E-state index in [-0.39, 0.29) is 11.1 Å². The Balaban J connectivity index is 1.58. The maximum absolute atomic E-state index is 13.0. The number of halogens is 1. The number of aromatic nitrogens is 6. The number of benzene rings is 2. The second-order valence-corrected chi connectivity index (χ2v) is 7.13. The number of ether oxygens (including phenoxy) is 1. The van der Waals surface area contributed by atoms with Crippen LogP contribution in [-0.2, 0) is 6.54 Å². The van der Waals surface area contributed by atoms with Gasteiger partial charge in [-0.25, -0.2) is 4.98 Å². The number of methoxy groups -OCH3 is 1. The van der Waals surface area contributed by atoms with Crippen LogP contribution in [0.1, 0.15) is 5.56 Å². The fraction of sp³-hybridized carbons (Fsp3) is 0.0952. The molecule has 8 nitrogen and oxygen atoms in total. The van der Waals surface area contributed by atoms with Gasteiger partial charge >= 0.3 is 0 Å². The largest absolute Gasteiger partial charge is 0.497 e. The van der Waals surface area contributed by atoms with E-state index in [1.807, 2.05) is 36.4 Å². The first-order valence-electron chi connectivity index (χ1n) is 9.12. The maximum atomic E-state index is 13.0. The van der Waals surface area contributed by atoms with Crippen molar-refractivity contribution in [1.82, 2.24) is 29.4 Å². The minimum Gasteiger partial charge on any atom is -0.497 e. The zero-order valence-corrected chi connectivity index (χ0v) is 16.6. The molecule has 0 N–H and O–H groups in total. The van der Waals surface area contributed by atoms with Crippen molar-refractivity contribution >= 4 is 28.4 Å². The first-order chi connectivity index (χ1) is 14.6. The molecular formula is C21H15ClN6O2. The summed E-state index contributed by atoms with van der Waals surface area (Å²) in [5, 5.41) is 13.4. The third-order valence-corrected chi connectivity index (χ3v) is 5.10. The Labute approximate surface area is 175 Å². The van der Waals surface area contributed by atoms with Gasteiger partial charge in [0.25, 0.3) is 5.56 Å². The fourth-order valence-corrected chi connectivity index (χ4v) is 3.40. The highest BCUT2D eigenvalue weighted by Gasteiger charge is 2.15. The second-order valence-electron chi connectivity index (χ2n) is 6.70. The minimum absolute atomic E-state index is 0.157. The van der Waals surface area contributed by atoms with E-state index in [9.17, 15) is 4.79 Å². The first-order valence-corrected chi connectivity index (χ1v) is 9.50. The third-order valence-electron chi connectivity index (χ3n) is 4.85. The lowest BCUT2D eigenvalue weighted by Gasteiger charge is -2.07. The highest BCUT2D eigenvalue weighted by atomic mass is 35.5. The molecule has 9 heteroatoms. The van der Waals surface area contributed by atoms with Crippen LogP contribution < -0.4 is 10.3 Å². The number of hydrogen-bond donors (Lipinski definition) is 0. The van der Waals surface area contributed by atoms with Crippen LogP contribution >= 0.6 is 11.6 Å². The van der Waals surface area contributed by atoms with E-state index in [2.05, 4.69) is 20.3 Å². The van der Waals surface area contributed by atoms with Gasteiger partial charge in [0.2, 0.25) is 0 Å². The Kier molecular flexibility index (Phi) is 4.40. The predicted octanol–water partition coefficient (Wildman–Crippen LogP) is 3.21. The Bertz CT molecular complexity index is 1420. The van der Waals surface area contributed by atoms with Crippen molar-refractivity contribution in [2.75, 3.05) is 7.11 Å². The van der Waals surface area contributed by atoms with Crippen LogP contribution in [0.2, 0.25) is 5.02 Å². The van der Waals surface area contributed by atoms with Crippen LogP contribution in [-0.4, -0.2) is 36.5 Å². The van der Waals surface area contributed by atoms with E-state index < -0.39 is 0 Å². The van der Waals surface area contributed by atoms with Gasteiger partial charge in [0.05, 0.1) is 19.9 Å². The lowest BCUT2D eigenvalue weighted by atomic mass is 10.1. The number of nitrogens with zero attached hydrogens (tertiary/aromatic N) is 6. The van der Waals surface area contributed by atoms with E-state index >= 15 is 0 Å². The molecule has 3 aromatic heterocycles. The van der Waals surface area contributed by atoms with E-state index in [1.54, 1.807) is 25.4 Å². The van der Waals surface area contributed by atoms with Crippen molar-refractivity contribution in [1.29, 1.82) is 0 Å². The summed E-state index contributed by atoms with van der Waals surface area (Å²) in [5.41, 5.74) is 3.37. The smallest absolute Gasteiger partial charge is 0.283 e. The van der Waals surface area contributed by atoms with Crippen molar-refractivity contribution in [2.45, 2.75) is 6.54 Å². The van der Waals surface area contributed by atoms with Crippen molar-refractivity contribution in [3.8, 4) is 16.9 Å². The SMILES string of the molecule is COc1ccc(Cn2cnc3c(nnc4c(-c5ccc(Cl)cc5)cnn43)c2=O)cc1. The van der Waals surface area contributed by atoms with Crippen molar-refractivity contribution < 1.29 is 4.74 Å². The molecule has 0 aliphatic rings. The Morgan fingerprint density at radius 1 is 1.00 bits per heavy atom. The summed E-state index contributed by atoms with van der Waals surface area (Å²) in [6.07, 6.45) is 3.18. The average molecular weight is 419 g/mol. The van der Waals surface area contributed by atoms with Crippen LogP contribution in [0.15, 0.2) is 65.8 Å². The number of fused-ring (bicyclic) bond motifs is 3. The highest BCUT2D eigenvalue weighted by molar-refractivity contribution is 6.30. The molecule has 0 fully saturated rings. The zero-order valence-electron chi connectivity index (χ0n) is 15.9. The van der Waals surface area contributed by atoms with Crippen LogP contribution in [0, 0.1) is 0 Å². The third kappa shape index (κ3) is 3.07. The van der Waals surface area contributed by atoms with Gasteiger partial charge in [-0.15, -0.1) is 10.2 Å². The summed E-state index contributed by atoms with van der Waals surface area (Å²) < 4.78 is 8.19. The van der Waals surface area contributed by atoms with Gasteiger partial charge in [0.15, 0.2) is 16.8 Å². The van der Waals surface area contributed by atoms with Gasteiger partial charge < -0.3 is 4.74 Å². The van der Waals surface area contributed by atoms with E-state index in [0.717, 1.165) is 22.4 Å². The molecule has 0 amide bonds. The summed E-state index contributed by atoms with van der Waals surface area (Å²) in [5.74, 6) is 0.756. The lowest BCUT2D eigenvalue weighted by molar-refractivity contribution is 0.414. The summed E-state index contributed by atoms with van der Waals surface area (Å²) in [6.45, 7) is 0.362. The van der Waals surface area contributed by atoms with Crippen LogP contribution in [0.4, 0.5) is 0 Å². The second kappa shape index (κ2) is 7.23. The molecule has 0 saturated heterocycles. The van der Waals surface area contributed by atoms with Crippen molar-refractivity contribution in [2.24, 2.45) is 0 Å². The van der Waals surface area contributed by atoms with E-state index in [4.69, 9.17) is 16.3 Å². The highest BCUT2D eigenvalue weighted by Crippen LogP contribution is 2.25. The van der Waals surface area contributed by atoms with Crippen LogP contribution in [0.5, 0.6) is 5.75 Å². The average Bonchev–Trinajstić information content (AvgIpc) is 3.21. The predicted molar refractivity (Wildman–Crippen MR) is 113 cm³/mol. The molecule has 5 rings (SSSR count).